The van der Waals surface area contributed by atoms with E-state index in [1.807, 2.05) is 31.2 Å². The third-order valence-corrected chi connectivity index (χ3v) is 6.05. The zero-order valence-electron chi connectivity index (χ0n) is 16.3. The molecular formula is C21H25N3O4S. The first kappa shape index (κ1) is 21.0. The quantitative estimate of drug-likeness (QED) is 0.716. The van der Waals surface area contributed by atoms with Gasteiger partial charge in [-0.15, -0.1) is 0 Å². The van der Waals surface area contributed by atoms with Gasteiger partial charge in [-0.1, -0.05) is 37.3 Å². The summed E-state index contributed by atoms with van der Waals surface area (Å²) in [7, 11) is -3.71. The van der Waals surface area contributed by atoms with Gasteiger partial charge < -0.3 is 10.2 Å². The minimum atomic E-state index is -3.71. The average molecular weight is 416 g/mol. The van der Waals surface area contributed by atoms with E-state index in [9.17, 15) is 18.0 Å². The summed E-state index contributed by atoms with van der Waals surface area (Å²) >= 11 is 0. The van der Waals surface area contributed by atoms with E-state index in [1.54, 1.807) is 17.0 Å². The minimum absolute atomic E-state index is 0.0374. The summed E-state index contributed by atoms with van der Waals surface area (Å²) in [6, 6.07) is 14.0. The van der Waals surface area contributed by atoms with Crippen LogP contribution in [0.2, 0.25) is 0 Å². The molecule has 1 atom stereocenters. The van der Waals surface area contributed by atoms with E-state index in [1.165, 1.54) is 12.1 Å². The van der Waals surface area contributed by atoms with E-state index < -0.39 is 10.0 Å². The van der Waals surface area contributed by atoms with E-state index >= 15 is 0 Å². The molecule has 0 saturated carbocycles. The molecule has 3 N–H and O–H groups in total. The molecule has 3 rings (SSSR count). The summed E-state index contributed by atoms with van der Waals surface area (Å²) in [5, 5.41) is 7.96. The predicted molar refractivity (Wildman–Crippen MR) is 111 cm³/mol. The summed E-state index contributed by atoms with van der Waals surface area (Å²) in [6.45, 7) is 2.83. The number of nitrogens with two attached hydrogens (primary N) is 1. The van der Waals surface area contributed by atoms with Gasteiger partial charge in [0.15, 0.2) is 0 Å². The summed E-state index contributed by atoms with van der Waals surface area (Å²) in [5.74, 6) is -0.558. The Morgan fingerprint density at radius 1 is 1.17 bits per heavy atom. The van der Waals surface area contributed by atoms with Crippen LogP contribution in [0.25, 0.3) is 0 Å². The fraction of sp³-hybridized carbons (Fsp3) is 0.333. The van der Waals surface area contributed by atoms with Crippen molar-refractivity contribution in [2.75, 3.05) is 18.0 Å². The highest BCUT2D eigenvalue weighted by Gasteiger charge is 2.35. The highest BCUT2D eigenvalue weighted by atomic mass is 32.2. The summed E-state index contributed by atoms with van der Waals surface area (Å²) in [5.41, 5.74) is 2.86. The number of amides is 2. The molecule has 0 radical (unpaired) electrons. The lowest BCUT2D eigenvalue weighted by Crippen LogP contribution is -2.34. The Hall–Kier alpha value is -2.71. The number of benzene rings is 2. The van der Waals surface area contributed by atoms with Crippen molar-refractivity contribution in [3.8, 4) is 0 Å². The highest BCUT2D eigenvalue weighted by Crippen LogP contribution is 2.28. The van der Waals surface area contributed by atoms with Crippen molar-refractivity contribution in [3.63, 3.8) is 0 Å². The molecule has 2 amide bonds. The molecule has 0 aliphatic carbocycles. The fourth-order valence-electron chi connectivity index (χ4n) is 3.51. The first-order valence-electron chi connectivity index (χ1n) is 9.57. The lowest BCUT2D eigenvalue weighted by molar-refractivity contribution is -0.126. The van der Waals surface area contributed by atoms with E-state index in [-0.39, 0.29) is 29.0 Å². The Labute approximate surface area is 171 Å². The number of nitrogens with zero attached hydrogens (tertiary/aromatic N) is 1. The van der Waals surface area contributed by atoms with Crippen LogP contribution in [0.5, 0.6) is 0 Å². The van der Waals surface area contributed by atoms with Crippen molar-refractivity contribution in [3.05, 3.63) is 59.7 Å². The van der Waals surface area contributed by atoms with Crippen molar-refractivity contribution in [2.24, 2.45) is 11.1 Å². The third-order valence-electron chi connectivity index (χ3n) is 5.12. The predicted octanol–water partition coefficient (Wildman–Crippen LogP) is 1.61. The zero-order valence-corrected chi connectivity index (χ0v) is 17.1. The van der Waals surface area contributed by atoms with Crippen LogP contribution in [0.15, 0.2) is 53.4 Å². The standard InChI is InChI=1S/C21H25N3O4S/c1-2-16-5-3-4-6-19(16)24-14-17(13-20(24)25)21(26)23-12-11-15-7-9-18(10-8-15)29(22,27)28/h3-10,17H,2,11-14H2,1H3,(H,23,26)(H2,22,27,28). The van der Waals surface area contributed by atoms with E-state index in [0.717, 1.165) is 23.2 Å². The largest absolute Gasteiger partial charge is 0.355 e. The Morgan fingerprint density at radius 3 is 2.52 bits per heavy atom. The molecule has 8 heteroatoms. The van der Waals surface area contributed by atoms with Gasteiger partial charge in [0, 0.05) is 25.2 Å². The van der Waals surface area contributed by atoms with Crippen molar-refractivity contribution >= 4 is 27.5 Å². The molecule has 2 aromatic carbocycles. The van der Waals surface area contributed by atoms with Crippen molar-refractivity contribution in [2.45, 2.75) is 31.1 Å². The van der Waals surface area contributed by atoms with Gasteiger partial charge in [-0.3, -0.25) is 9.59 Å². The number of para-hydroxylation sites is 1. The number of primary sulfonamides is 1. The summed E-state index contributed by atoms with van der Waals surface area (Å²) < 4.78 is 22.6. The number of hydrogen-bond acceptors (Lipinski definition) is 4. The molecule has 0 aromatic heterocycles. The molecule has 1 saturated heterocycles. The second-order valence-corrected chi connectivity index (χ2v) is 8.68. The number of anilines is 1. The highest BCUT2D eigenvalue weighted by molar-refractivity contribution is 7.89. The van der Waals surface area contributed by atoms with Crippen LogP contribution in [0, 0.1) is 5.92 Å². The van der Waals surface area contributed by atoms with E-state index in [4.69, 9.17) is 5.14 Å². The molecular weight excluding hydrogens is 390 g/mol. The molecule has 1 aliphatic rings. The molecule has 1 unspecified atom stereocenters. The van der Waals surface area contributed by atoms with Gasteiger partial charge >= 0.3 is 0 Å². The number of rotatable bonds is 7. The van der Waals surface area contributed by atoms with Crippen LogP contribution in [-0.4, -0.2) is 33.3 Å². The van der Waals surface area contributed by atoms with Crippen LogP contribution >= 0.6 is 0 Å². The van der Waals surface area contributed by atoms with Crippen molar-refractivity contribution in [1.29, 1.82) is 0 Å². The number of carbonyl (C=O) groups is 2. The second kappa shape index (κ2) is 8.75. The average Bonchev–Trinajstić information content (AvgIpc) is 3.09. The molecule has 1 fully saturated rings. The molecule has 7 nitrogen and oxygen atoms in total. The Morgan fingerprint density at radius 2 is 1.86 bits per heavy atom. The Balaban J connectivity index is 1.54. The number of aryl methyl sites for hydroxylation is 1. The number of sulfonamides is 1. The number of carbonyl (C=O) groups excluding carboxylic acids is 2. The molecule has 0 bridgehead atoms. The van der Waals surface area contributed by atoms with Crippen LogP contribution in [-0.2, 0) is 32.5 Å². The molecule has 0 spiro atoms. The number of hydrogen-bond donors (Lipinski definition) is 2. The van der Waals surface area contributed by atoms with Gasteiger partial charge in [-0.25, -0.2) is 13.6 Å². The van der Waals surface area contributed by atoms with Crippen molar-refractivity contribution in [1.82, 2.24) is 5.32 Å². The maximum absolute atomic E-state index is 12.5. The van der Waals surface area contributed by atoms with Crippen molar-refractivity contribution < 1.29 is 18.0 Å². The smallest absolute Gasteiger partial charge is 0.238 e. The fourth-order valence-corrected chi connectivity index (χ4v) is 4.02. The molecule has 154 valence electrons. The lowest BCUT2D eigenvalue weighted by atomic mass is 10.1. The monoisotopic (exact) mass is 415 g/mol. The van der Waals surface area contributed by atoms with Gasteiger partial charge in [0.05, 0.1) is 10.8 Å². The zero-order chi connectivity index (χ0) is 21.0. The summed E-state index contributed by atoms with van der Waals surface area (Å²) in [4.78, 5) is 26.7. The van der Waals surface area contributed by atoms with Gasteiger partial charge in [-0.05, 0) is 42.2 Å². The van der Waals surface area contributed by atoms with Gasteiger partial charge in [-0.2, -0.15) is 0 Å². The molecule has 2 aromatic rings. The Bertz CT molecular complexity index is 1000. The van der Waals surface area contributed by atoms with E-state index in [0.29, 0.717) is 19.5 Å². The van der Waals surface area contributed by atoms with Crippen LogP contribution in [0.1, 0.15) is 24.5 Å². The van der Waals surface area contributed by atoms with Gasteiger partial charge in [0.2, 0.25) is 21.8 Å². The second-order valence-electron chi connectivity index (χ2n) is 7.12. The molecule has 29 heavy (non-hydrogen) atoms. The van der Waals surface area contributed by atoms with E-state index in [2.05, 4.69) is 5.32 Å². The van der Waals surface area contributed by atoms with Gasteiger partial charge in [0.1, 0.15) is 0 Å². The van der Waals surface area contributed by atoms with Crippen LogP contribution in [0.3, 0.4) is 0 Å². The topological polar surface area (TPSA) is 110 Å². The maximum Gasteiger partial charge on any atom is 0.238 e. The van der Waals surface area contributed by atoms with Gasteiger partial charge in [0.25, 0.3) is 0 Å². The van der Waals surface area contributed by atoms with Crippen LogP contribution in [0.4, 0.5) is 5.69 Å². The number of nitrogens with one attached hydrogen (secondary N) is 1. The third kappa shape index (κ3) is 5.02. The first-order chi connectivity index (χ1) is 13.8. The molecule has 1 aliphatic heterocycles. The maximum atomic E-state index is 12.5. The lowest BCUT2D eigenvalue weighted by Gasteiger charge is -2.20. The minimum Gasteiger partial charge on any atom is -0.355 e. The summed E-state index contributed by atoms with van der Waals surface area (Å²) in [6.07, 6.45) is 1.58. The van der Waals surface area contributed by atoms with Crippen LogP contribution < -0.4 is 15.4 Å². The first-order valence-corrected chi connectivity index (χ1v) is 11.1. The Kier molecular flexibility index (Phi) is 6.34. The molecule has 1 heterocycles. The normalized spacial score (nSPS) is 16.8. The SMILES string of the molecule is CCc1ccccc1N1CC(C(=O)NCCc2ccc(S(N)(=O)=O)cc2)CC1=O.